The molecule has 7 heteroatoms. The van der Waals surface area contributed by atoms with Gasteiger partial charge in [0.2, 0.25) is 0 Å². The molecule has 0 fully saturated rings. The molecule has 0 saturated carbocycles. The number of ether oxygens (including phenoxy) is 3. The zero-order chi connectivity index (χ0) is 27.2. The summed E-state index contributed by atoms with van der Waals surface area (Å²) < 4.78 is 16.1. The number of esters is 3. The highest BCUT2D eigenvalue weighted by Gasteiger charge is 2.42. The van der Waals surface area contributed by atoms with Gasteiger partial charge < -0.3 is 14.2 Å². The molecule has 1 aliphatic heterocycles. The second kappa shape index (κ2) is 15.8. The molecule has 0 aliphatic carbocycles. The number of hydrogen-bond donors (Lipinski definition) is 0. The van der Waals surface area contributed by atoms with Crippen LogP contribution in [0.4, 0.5) is 0 Å². The molecule has 0 radical (unpaired) electrons. The van der Waals surface area contributed by atoms with Crippen LogP contribution in [0.1, 0.15) is 90.2 Å². The number of carbonyl (C=O) groups is 3. The van der Waals surface area contributed by atoms with Gasteiger partial charge in [-0.15, -0.1) is 0 Å². The van der Waals surface area contributed by atoms with Crippen LogP contribution in [-0.2, 0) is 28.6 Å². The second-order valence-electron chi connectivity index (χ2n) is 9.08. The maximum atomic E-state index is 13.1. The fourth-order valence-corrected chi connectivity index (χ4v) is 4.59. The van der Waals surface area contributed by atoms with Crippen molar-refractivity contribution in [2.45, 2.75) is 79.1 Å². The van der Waals surface area contributed by atoms with E-state index < -0.39 is 29.7 Å². The van der Waals surface area contributed by atoms with Gasteiger partial charge in [0.15, 0.2) is 0 Å². The Bertz CT molecular complexity index is 1020. The Labute approximate surface area is 221 Å². The van der Waals surface area contributed by atoms with Crippen molar-refractivity contribution < 1.29 is 28.6 Å². The lowest BCUT2D eigenvalue weighted by molar-refractivity contribution is -0.146. The van der Waals surface area contributed by atoms with E-state index in [4.69, 9.17) is 14.2 Å². The molecule has 0 aromatic heterocycles. The van der Waals surface area contributed by atoms with Gasteiger partial charge in [0.1, 0.15) is 5.92 Å². The standard InChI is InChI=1S/C30H41NO6/c1-6-9-10-11-12-15-20-37-25(32)19-18-23-16-13-14-17-24(23)28-26(29(33)35-7-2)21(4)31-22(5)27(28)30(34)36-8-3/h13-14,16-19,26,28H,6-12,15,20H2,1-5H3. The quantitative estimate of drug-likeness (QED) is 0.128. The molecule has 2 unspecified atom stereocenters. The maximum Gasteiger partial charge on any atom is 0.336 e. The minimum atomic E-state index is -0.794. The van der Waals surface area contributed by atoms with Gasteiger partial charge in [0.25, 0.3) is 0 Å². The third kappa shape index (κ3) is 8.69. The van der Waals surface area contributed by atoms with Crippen molar-refractivity contribution in [2.75, 3.05) is 19.8 Å². The highest BCUT2D eigenvalue weighted by atomic mass is 16.5. The van der Waals surface area contributed by atoms with Gasteiger partial charge in [0, 0.05) is 23.4 Å². The predicted molar refractivity (Wildman–Crippen MR) is 145 cm³/mol. The topological polar surface area (TPSA) is 91.3 Å². The van der Waals surface area contributed by atoms with Crippen LogP contribution in [0.15, 0.2) is 46.6 Å². The van der Waals surface area contributed by atoms with E-state index in [0.29, 0.717) is 34.7 Å². The van der Waals surface area contributed by atoms with Gasteiger partial charge in [-0.25, -0.2) is 9.59 Å². The molecule has 0 bridgehead atoms. The maximum absolute atomic E-state index is 13.1. The highest BCUT2D eigenvalue weighted by Crippen LogP contribution is 2.41. The summed E-state index contributed by atoms with van der Waals surface area (Å²) in [5, 5.41) is 0. The third-order valence-corrected chi connectivity index (χ3v) is 6.34. The molecule has 2 rings (SSSR count). The van der Waals surface area contributed by atoms with Crippen LogP contribution in [0.2, 0.25) is 0 Å². The smallest absolute Gasteiger partial charge is 0.336 e. The van der Waals surface area contributed by atoms with Crippen LogP contribution >= 0.6 is 0 Å². The summed E-state index contributed by atoms with van der Waals surface area (Å²) in [5.74, 6) is -2.87. The molecule has 7 nitrogen and oxygen atoms in total. The second-order valence-corrected chi connectivity index (χ2v) is 9.08. The van der Waals surface area contributed by atoms with Crippen LogP contribution in [0.25, 0.3) is 6.08 Å². The Morgan fingerprint density at radius 3 is 2.27 bits per heavy atom. The minimum absolute atomic E-state index is 0.196. The van der Waals surface area contributed by atoms with E-state index in [1.165, 1.54) is 25.3 Å². The number of hydrogen-bond acceptors (Lipinski definition) is 7. The minimum Gasteiger partial charge on any atom is -0.465 e. The first-order valence-corrected chi connectivity index (χ1v) is 13.4. The summed E-state index contributed by atoms with van der Waals surface area (Å²) in [5.41, 5.74) is 2.78. The highest BCUT2D eigenvalue weighted by molar-refractivity contribution is 6.07. The number of rotatable bonds is 14. The average Bonchev–Trinajstić information content (AvgIpc) is 2.86. The van der Waals surface area contributed by atoms with Crippen LogP contribution in [0, 0.1) is 5.92 Å². The molecule has 202 valence electrons. The predicted octanol–water partition coefficient (Wildman–Crippen LogP) is 6.18. The van der Waals surface area contributed by atoms with E-state index in [9.17, 15) is 14.4 Å². The number of aliphatic imine (C=N–C) groups is 1. The summed E-state index contributed by atoms with van der Waals surface area (Å²) in [7, 11) is 0. The van der Waals surface area contributed by atoms with Crippen molar-refractivity contribution in [3.8, 4) is 0 Å². The van der Waals surface area contributed by atoms with Crippen molar-refractivity contribution in [2.24, 2.45) is 10.9 Å². The van der Waals surface area contributed by atoms with Gasteiger partial charge in [-0.2, -0.15) is 0 Å². The lowest BCUT2D eigenvalue weighted by atomic mass is 9.74. The molecule has 0 spiro atoms. The van der Waals surface area contributed by atoms with Gasteiger partial charge in [-0.3, -0.25) is 9.79 Å². The Hall–Kier alpha value is -3.22. The molecule has 1 aromatic rings. The molecule has 1 aliphatic rings. The Morgan fingerprint density at radius 2 is 1.57 bits per heavy atom. The van der Waals surface area contributed by atoms with E-state index in [1.54, 1.807) is 33.8 Å². The van der Waals surface area contributed by atoms with Crippen LogP contribution in [0.3, 0.4) is 0 Å². The monoisotopic (exact) mass is 511 g/mol. The normalized spacial score (nSPS) is 17.5. The molecule has 0 saturated heterocycles. The largest absolute Gasteiger partial charge is 0.465 e. The molecule has 0 N–H and O–H groups in total. The molecule has 37 heavy (non-hydrogen) atoms. The summed E-state index contributed by atoms with van der Waals surface area (Å²) >= 11 is 0. The average molecular weight is 512 g/mol. The van der Waals surface area contributed by atoms with Gasteiger partial charge in [-0.05, 0) is 51.3 Å². The van der Waals surface area contributed by atoms with E-state index in [-0.39, 0.29) is 13.2 Å². The van der Waals surface area contributed by atoms with Crippen LogP contribution in [0.5, 0.6) is 0 Å². The summed E-state index contributed by atoms with van der Waals surface area (Å²) in [4.78, 5) is 43.0. The van der Waals surface area contributed by atoms with Crippen molar-refractivity contribution in [1.29, 1.82) is 0 Å². The van der Waals surface area contributed by atoms with E-state index in [0.717, 1.165) is 19.3 Å². The Kier molecular flexibility index (Phi) is 12.8. The van der Waals surface area contributed by atoms with Crippen LogP contribution in [-0.4, -0.2) is 43.4 Å². The summed E-state index contributed by atoms with van der Waals surface area (Å²) in [6.07, 6.45) is 9.73. The SMILES string of the molecule is CCCCCCCCOC(=O)C=Cc1ccccc1C1C(C(=O)OCC)=C(C)N=C(C)C1C(=O)OCC. The van der Waals surface area contributed by atoms with E-state index in [2.05, 4.69) is 11.9 Å². The fourth-order valence-electron chi connectivity index (χ4n) is 4.59. The number of nitrogens with zero attached hydrogens (tertiary/aromatic N) is 1. The summed E-state index contributed by atoms with van der Waals surface area (Å²) in [6, 6.07) is 7.37. The lowest BCUT2D eigenvalue weighted by Crippen LogP contribution is -2.36. The number of allylic oxidation sites excluding steroid dienone is 1. The van der Waals surface area contributed by atoms with Crippen molar-refractivity contribution in [3.05, 3.63) is 52.7 Å². The molecular formula is C30H41NO6. The lowest BCUT2D eigenvalue weighted by Gasteiger charge is -2.32. The molecule has 1 aromatic carbocycles. The first-order valence-electron chi connectivity index (χ1n) is 13.4. The molecular weight excluding hydrogens is 470 g/mol. The van der Waals surface area contributed by atoms with E-state index in [1.807, 2.05) is 24.3 Å². The number of carbonyl (C=O) groups excluding carboxylic acids is 3. The Balaban J connectivity index is 2.31. The van der Waals surface area contributed by atoms with Crippen molar-refractivity contribution in [1.82, 2.24) is 0 Å². The molecule has 2 atom stereocenters. The third-order valence-electron chi connectivity index (χ3n) is 6.34. The van der Waals surface area contributed by atoms with Crippen molar-refractivity contribution in [3.63, 3.8) is 0 Å². The van der Waals surface area contributed by atoms with Gasteiger partial charge in [0.05, 0.1) is 25.4 Å². The number of benzene rings is 1. The van der Waals surface area contributed by atoms with Gasteiger partial charge in [-0.1, -0.05) is 63.3 Å². The van der Waals surface area contributed by atoms with E-state index >= 15 is 0 Å². The van der Waals surface area contributed by atoms with Gasteiger partial charge >= 0.3 is 17.9 Å². The van der Waals surface area contributed by atoms with Crippen molar-refractivity contribution >= 4 is 29.7 Å². The molecule has 0 amide bonds. The number of unbranched alkanes of at least 4 members (excludes halogenated alkanes) is 5. The molecule has 1 heterocycles. The fraction of sp³-hybridized carbons (Fsp3) is 0.533. The van der Waals surface area contributed by atoms with Crippen LogP contribution < -0.4 is 0 Å². The zero-order valence-electron chi connectivity index (χ0n) is 22.9. The Morgan fingerprint density at radius 1 is 0.892 bits per heavy atom. The first kappa shape index (κ1) is 30.0. The summed E-state index contributed by atoms with van der Waals surface area (Å²) in [6.45, 7) is 9.94. The first-order chi connectivity index (χ1) is 17.8. The zero-order valence-corrected chi connectivity index (χ0v) is 22.9.